The number of fused-ring (bicyclic) bond motifs is 1. The molecule has 2 unspecified atom stereocenters. The third-order valence-electron chi connectivity index (χ3n) is 6.63. The van der Waals surface area contributed by atoms with Gasteiger partial charge in [0.1, 0.15) is 5.82 Å². The fraction of sp³-hybridized carbons (Fsp3) is 0.667. The normalized spacial score (nSPS) is 36.2. The Morgan fingerprint density at radius 2 is 1.72 bits per heavy atom. The highest BCUT2D eigenvalue weighted by atomic mass is 19.1. The van der Waals surface area contributed by atoms with Crippen molar-refractivity contribution < 1.29 is 13.9 Å². The van der Waals surface area contributed by atoms with E-state index < -0.39 is 0 Å². The maximum Gasteiger partial charge on any atom is 0.310 e. The van der Waals surface area contributed by atoms with Crippen LogP contribution in [-0.4, -0.2) is 18.6 Å². The van der Waals surface area contributed by atoms with E-state index in [1.165, 1.54) is 44.2 Å². The average molecular weight is 345 g/mol. The maximum atomic E-state index is 13.1. The van der Waals surface area contributed by atoms with E-state index in [-0.39, 0.29) is 23.7 Å². The largest absolute Gasteiger partial charge is 0.466 e. The first-order chi connectivity index (χ1) is 12.1. The van der Waals surface area contributed by atoms with Gasteiger partial charge in [0, 0.05) is 12.6 Å². The Bertz CT molecular complexity index is 603. The second kappa shape index (κ2) is 7.06. The lowest BCUT2D eigenvalue weighted by Gasteiger charge is -2.38. The predicted molar refractivity (Wildman–Crippen MR) is 94.2 cm³/mol. The molecule has 0 spiro atoms. The SMILES string of the molecule is CCOC(=O)[C@@H]1C2CC3CC(C2)CC(C3)[C@@H]1NCc1ccc(F)cc1. The number of esters is 1. The summed E-state index contributed by atoms with van der Waals surface area (Å²) in [6.07, 6.45) is 6.21. The molecular formula is C21H28FNO2. The Morgan fingerprint density at radius 1 is 1.08 bits per heavy atom. The summed E-state index contributed by atoms with van der Waals surface area (Å²) in [5.41, 5.74) is 1.06. The van der Waals surface area contributed by atoms with Gasteiger partial charge in [-0.15, -0.1) is 0 Å². The van der Waals surface area contributed by atoms with Gasteiger partial charge in [-0.25, -0.2) is 4.39 Å². The van der Waals surface area contributed by atoms with Gasteiger partial charge in [0.25, 0.3) is 0 Å². The first-order valence-corrected chi connectivity index (χ1v) is 9.78. The second-order valence-corrected chi connectivity index (χ2v) is 8.24. The number of hydrogen-bond donors (Lipinski definition) is 1. The number of ether oxygens (including phenoxy) is 1. The Hall–Kier alpha value is -1.42. The molecule has 0 heterocycles. The van der Waals surface area contributed by atoms with Crippen LogP contribution in [0.4, 0.5) is 4.39 Å². The number of carbonyl (C=O) groups is 1. The maximum absolute atomic E-state index is 13.1. The Kier molecular flexibility index (Phi) is 4.81. The van der Waals surface area contributed by atoms with Gasteiger partial charge in [-0.3, -0.25) is 4.79 Å². The first kappa shape index (κ1) is 17.0. The van der Waals surface area contributed by atoms with Crippen LogP contribution in [0.5, 0.6) is 0 Å². The molecule has 4 fully saturated rings. The van der Waals surface area contributed by atoms with Gasteiger partial charge in [0.2, 0.25) is 0 Å². The van der Waals surface area contributed by atoms with Gasteiger partial charge in [-0.2, -0.15) is 0 Å². The molecular weight excluding hydrogens is 317 g/mol. The number of benzene rings is 1. The fourth-order valence-corrected chi connectivity index (χ4v) is 5.84. The van der Waals surface area contributed by atoms with Crippen LogP contribution in [0, 0.1) is 35.4 Å². The minimum atomic E-state index is -0.210. The molecule has 4 aliphatic rings. The molecule has 0 aliphatic heterocycles. The zero-order chi connectivity index (χ0) is 17.4. The highest BCUT2D eigenvalue weighted by molar-refractivity contribution is 5.74. The van der Waals surface area contributed by atoms with E-state index in [0.29, 0.717) is 25.0 Å². The number of halogens is 1. The zero-order valence-corrected chi connectivity index (χ0v) is 14.9. The second-order valence-electron chi connectivity index (χ2n) is 8.24. The Labute approximate surface area is 149 Å². The number of rotatable bonds is 5. The zero-order valence-electron chi connectivity index (χ0n) is 14.9. The van der Waals surface area contributed by atoms with Crippen LogP contribution >= 0.6 is 0 Å². The lowest BCUT2D eigenvalue weighted by molar-refractivity contribution is -0.151. The van der Waals surface area contributed by atoms with Gasteiger partial charge in [-0.05, 0) is 80.4 Å². The quantitative estimate of drug-likeness (QED) is 0.822. The van der Waals surface area contributed by atoms with Crippen molar-refractivity contribution in [1.29, 1.82) is 0 Å². The summed E-state index contributed by atoms with van der Waals surface area (Å²) in [6, 6.07) is 6.83. The van der Waals surface area contributed by atoms with E-state index in [9.17, 15) is 9.18 Å². The number of nitrogens with one attached hydrogen (secondary N) is 1. The molecule has 0 amide bonds. The van der Waals surface area contributed by atoms with Crippen LogP contribution < -0.4 is 5.32 Å². The molecule has 1 aromatic rings. The lowest BCUT2D eigenvalue weighted by atomic mass is 9.67. The monoisotopic (exact) mass is 345 g/mol. The summed E-state index contributed by atoms with van der Waals surface area (Å²) >= 11 is 0. The third kappa shape index (κ3) is 3.46. The molecule has 4 saturated carbocycles. The van der Waals surface area contributed by atoms with Crippen LogP contribution in [0.15, 0.2) is 24.3 Å². The van der Waals surface area contributed by atoms with E-state index in [0.717, 1.165) is 17.4 Å². The van der Waals surface area contributed by atoms with Gasteiger partial charge >= 0.3 is 5.97 Å². The lowest BCUT2D eigenvalue weighted by Crippen LogP contribution is -2.46. The molecule has 5 rings (SSSR count). The minimum absolute atomic E-state index is 0.0164. The van der Waals surface area contributed by atoms with Crippen molar-refractivity contribution in [3.05, 3.63) is 35.6 Å². The molecule has 4 atom stereocenters. The van der Waals surface area contributed by atoms with Gasteiger partial charge in [0.15, 0.2) is 0 Å². The van der Waals surface area contributed by atoms with Gasteiger partial charge in [-0.1, -0.05) is 12.1 Å². The average Bonchev–Trinajstić information content (AvgIpc) is 2.75. The summed E-state index contributed by atoms with van der Waals surface area (Å²) < 4.78 is 18.6. The highest BCUT2D eigenvalue weighted by Gasteiger charge is 2.51. The number of carbonyl (C=O) groups excluding carboxylic acids is 1. The molecule has 1 aromatic carbocycles. The van der Waals surface area contributed by atoms with Crippen molar-refractivity contribution in [2.75, 3.05) is 6.61 Å². The minimum Gasteiger partial charge on any atom is -0.466 e. The molecule has 0 aromatic heterocycles. The van der Waals surface area contributed by atoms with Crippen LogP contribution in [0.25, 0.3) is 0 Å². The molecule has 4 heteroatoms. The van der Waals surface area contributed by atoms with E-state index in [2.05, 4.69) is 5.32 Å². The topological polar surface area (TPSA) is 38.3 Å². The predicted octanol–water partition coefficient (Wildman–Crippen LogP) is 3.92. The van der Waals surface area contributed by atoms with E-state index in [1.807, 2.05) is 19.1 Å². The summed E-state index contributed by atoms with van der Waals surface area (Å²) in [5.74, 6) is 2.35. The molecule has 4 bridgehead atoms. The van der Waals surface area contributed by atoms with Crippen LogP contribution in [-0.2, 0) is 16.1 Å². The molecule has 136 valence electrons. The summed E-state index contributed by atoms with van der Waals surface area (Å²) in [5, 5.41) is 3.68. The van der Waals surface area contributed by atoms with Gasteiger partial charge < -0.3 is 10.1 Å². The molecule has 0 saturated heterocycles. The standard InChI is InChI=1S/C21H28FNO2/c1-2-25-21(24)19-16-8-14-7-15(9-16)11-17(10-14)20(19)23-12-13-3-5-18(22)6-4-13/h3-6,14-17,19-20,23H,2,7-12H2,1H3/t14?,15?,16?,17?,19-,20+/m1/s1. The van der Waals surface area contributed by atoms with Crippen molar-refractivity contribution in [3.63, 3.8) is 0 Å². The molecule has 1 N–H and O–H groups in total. The molecule has 0 radical (unpaired) electrons. The fourth-order valence-electron chi connectivity index (χ4n) is 5.84. The van der Waals surface area contributed by atoms with Crippen LogP contribution in [0.3, 0.4) is 0 Å². The Morgan fingerprint density at radius 3 is 2.36 bits per heavy atom. The van der Waals surface area contributed by atoms with Crippen LogP contribution in [0.2, 0.25) is 0 Å². The van der Waals surface area contributed by atoms with Crippen molar-refractivity contribution in [3.8, 4) is 0 Å². The third-order valence-corrected chi connectivity index (χ3v) is 6.63. The molecule has 3 nitrogen and oxygen atoms in total. The van der Waals surface area contributed by atoms with Crippen molar-refractivity contribution >= 4 is 5.97 Å². The Balaban J connectivity index is 1.55. The van der Waals surface area contributed by atoms with Crippen LogP contribution in [0.1, 0.15) is 44.6 Å². The number of hydrogen-bond acceptors (Lipinski definition) is 3. The molecule has 4 aliphatic carbocycles. The van der Waals surface area contributed by atoms with Gasteiger partial charge in [0.05, 0.1) is 12.5 Å². The highest BCUT2D eigenvalue weighted by Crippen LogP contribution is 2.53. The summed E-state index contributed by atoms with van der Waals surface area (Å²) in [6.45, 7) is 3.02. The first-order valence-electron chi connectivity index (χ1n) is 9.78. The van der Waals surface area contributed by atoms with E-state index in [1.54, 1.807) is 0 Å². The molecule has 25 heavy (non-hydrogen) atoms. The van der Waals surface area contributed by atoms with E-state index in [4.69, 9.17) is 4.74 Å². The summed E-state index contributed by atoms with van der Waals surface area (Å²) in [4.78, 5) is 12.8. The summed E-state index contributed by atoms with van der Waals surface area (Å²) in [7, 11) is 0. The van der Waals surface area contributed by atoms with Crippen molar-refractivity contribution in [2.45, 2.75) is 51.6 Å². The smallest absolute Gasteiger partial charge is 0.310 e. The van der Waals surface area contributed by atoms with Crippen molar-refractivity contribution in [2.24, 2.45) is 29.6 Å². The van der Waals surface area contributed by atoms with Crippen molar-refractivity contribution in [1.82, 2.24) is 5.32 Å². The van der Waals surface area contributed by atoms with E-state index >= 15 is 0 Å².